The van der Waals surface area contributed by atoms with E-state index in [0.717, 1.165) is 0 Å². The first-order valence-electron chi connectivity index (χ1n) is 7.26. The van der Waals surface area contributed by atoms with Gasteiger partial charge in [-0.3, -0.25) is 0 Å². The minimum absolute atomic E-state index is 0.324. The maximum absolute atomic E-state index is 3.79. The third kappa shape index (κ3) is 2.47. The molecule has 1 aromatic carbocycles. The molecule has 100 valence electrons. The number of benzene rings is 1. The fourth-order valence-corrected chi connectivity index (χ4v) is 3.48. The number of aryl methyl sites for hydroxylation is 3. The second kappa shape index (κ2) is 5.05. The first-order valence-corrected chi connectivity index (χ1v) is 7.26. The van der Waals surface area contributed by atoms with Crippen LogP contribution in [0.1, 0.15) is 48.9 Å². The van der Waals surface area contributed by atoms with Crippen molar-refractivity contribution in [3.8, 4) is 0 Å². The molecule has 0 saturated carbocycles. The van der Waals surface area contributed by atoms with Crippen LogP contribution in [0.5, 0.6) is 0 Å². The maximum atomic E-state index is 3.79. The Bertz CT molecular complexity index is 402. The monoisotopic (exact) mass is 245 g/mol. The smallest absolute Gasteiger partial charge is 0.0245 e. The van der Waals surface area contributed by atoms with Crippen LogP contribution in [0, 0.1) is 26.7 Å². The van der Waals surface area contributed by atoms with E-state index < -0.39 is 0 Å². The Labute approximate surface area is 112 Å². The standard InChI is InChI=1S/C17H27N/c1-12(2)17(7-6-8-18-17)11-16-14(4)9-13(3)10-15(16)5/h9-10,12,18H,6-8,11H2,1-5H3. The summed E-state index contributed by atoms with van der Waals surface area (Å²) in [7, 11) is 0. The van der Waals surface area contributed by atoms with Crippen molar-refractivity contribution in [1.82, 2.24) is 5.32 Å². The number of hydrogen-bond donors (Lipinski definition) is 1. The number of hydrogen-bond acceptors (Lipinski definition) is 1. The molecule has 1 fully saturated rings. The van der Waals surface area contributed by atoms with Crippen molar-refractivity contribution in [1.29, 1.82) is 0 Å². The highest BCUT2D eigenvalue weighted by atomic mass is 15.0. The summed E-state index contributed by atoms with van der Waals surface area (Å²) in [5.41, 5.74) is 6.18. The van der Waals surface area contributed by atoms with E-state index in [4.69, 9.17) is 0 Å². The van der Waals surface area contributed by atoms with Crippen LogP contribution >= 0.6 is 0 Å². The van der Waals surface area contributed by atoms with Crippen LogP contribution in [-0.4, -0.2) is 12.1 Å². The average molecular weight is 245 g/mol. The van der Waals surface area contributed by atoms with Gasteiger partial charge in [0.1, 0.15) is 0 Å². The quantitative estimate of drug-likeness (QED) is 0.850. The molecule has 1 aliphatic heterocycles. The zero-order chi connectivity index (χ0) is 13.3. The minimum atomic E-state index is 0.324. The van der Waals surface area contributed by atoms with Gasteiger partial charge in [0, 0.05) is 5.54 Å². The highest BCUT2D eigenvalue weighted by Gasteiger charge is 2.37. The lowest BCUT2D eigenvalue weighted by molar-refractivity contribution is 0.268. The molecule has 1 heterocycles. The van der Waals surface area contributed by atoms with Gasteiger partial charge >= 0.3 is 0 Å². The molecule has 1 atom stereocenters. The second-order valence-corrected chi connectivity index (χ2v) is 6.40. The lowest BCUT2D eigenvalue weighted by Crippen LogP contribution is -2.47. The summed E-state index contributed by atoms with van der Waals surface area (Å²) in [5, 5.41) is 3.79. The average Bonchev–Trinajstić information content (AvgIpc) is 2.73. The Morgan fingerprint density at radius 2 is 1.78 bits per heavy atom. The molecule has 1 aliphatic rings. The normalized spacial score (nSPS) is 23.9. The largest absolute Gasteiger partial charge is 0.311 e. The Hall–Kier alpha value is -0.820. The summed E-state index contributed by atoms with van der Waals surface area (Å²) < 4.78 is 0. The summed E-state index contributed by atoms with van der Waals surface area (Å²) in [6.07, 6.45) is 3.82. The summed E-state index contributed by atoms with van der Waals surface area (Å²) >= 11 is 0. The van der Waals surface area contributed by atoms with E-state index in [2.05, 4.69) is 52.1 Å². The molecule has 1 aromatic rings. The summed E-state index contributed by atoms with van der Waals surface area (Å²) in [5.74, 6) is 0.695. The first-order chi connectivity index (χ1) is 8.44. The van der Waals surface area contributed by atoms with E-state index in [-0.39, 0.29) is 0 Å². The van der Waals surface area contributed by atoms with Crippen molar-refractivity contribution in [2.24, 2.45) is 5.92 Å². The lowest BCUT2D eigenvalue weighted by Gasteiger charge is -2.35. The molecule has 0 aliphatic carbocycles. The van der Waals surface area contributed by atoms with Crippen LogP contribution in [0.15, 0.2) is 12.1 Å². The molecular formula is C17H27N. The van der Waals surface area contributed by atoms with Crippen molar-refractivity contribution in [2.45, 2.75) is 59.4 Å². The molecule has 0 bridgehead atoms. The van der Waals surface area contributed by atoms with Crippen LogP contribution < -0.4 is 5.32 Å². The molecule has 0 aromatic heterocycles. The predicted molar refractivity (Wildman–Crippen MR) is 79.2 cm³/mol. The predicted octanol–water partition coefficient (Wildman–Crippen LogP) is 3.93. The molecule has 0 radical (unpaired) electrons. The molecule has 18 heavy (non-hydrogen) atoms. The van der Waals surface area contributed by atoms with E-state index >= 15 is 0 Å². The van der Waals surface area contributed by atoms with Crippen molar-refractivity contribution < 1.29 is 0 Å². The summed E-state index contributed by atoms with van der Waals surface area (Å²) in [4.78, 5) is 0. The maximum Gasteiger partial charge on any atom is 0.0245 e. The third-order valence-electron chi connectivity index (χ3n) is 4.71. The molecule has 1 nitrogen and oxygen atoms in total. The van der Waals surface area contributed by atoms with Gasteiger partial charge in [0.25, 0.3) is 0 Å². The van der Waals surface area contributed by atoms with Gasteiger partial charge in [-0.05, 0) is 69.2 Å². The summed E-state index contributed by atoms with van der Waals surface area (Å²) in [6.45, 7) is 12.6. The van der Waals surface area contributed by atoms with Gasteiger partial charge in [0.2, 0.25) is 0 Å². The van der Waals surface area contributed by atoms with E-state index in [0.29, 0.717) is 11.5 Å². The molecule has 2 rings (SSSR count). The van der Waals surface area contributed by atoms with Gasteiger partial charge < -0.3 is 5.32 Å². The third-order valence-corrected chi connectivity index (χ3v) is 4.71. The fraction of sp³-hybridized carbons (Fsp3) is 0.647. The Kier molecular flexibility index (Phi) is 3.82. The van der Waals surface area contributed by atoms with Gasteiger partial charge in [-0.25, -0.2) is 0 Å². The van der Waals surface area contributed by atoms with Crippen molar-refractivity contribution in [3.05, 3.63) is 34.4 Å². The van der Waals surface area contributed by atoms with Crippen LogP contribution in [0.4, 0.5) is 0 Å². The van der Waals surface area contributed by atoms with Crippen molar-refractivity contribution in [3.63, 3.8) is 0 Å². The van der Waals surface area contributed by atoms with Crippen LogP contribution in [0.3, 0.4) is 0 Å². The van der Waals surface area contributed by atoms with Crippen LogP contribution in [-0.2, 0) is 6.42 Å². The Morgan fingerprint density at radius 3 is 2.22 bits per heavy atom. The van der Waals surface area contributed by atoms with Gasteiger partial charge in [0.15, 0.2) is 0 Å². The highest BCUT2D eigenvalue weighted by molar-refractivity contribution is 5.39. The van der Waals surface area contributed by atoms with Gasteiger partial charge in [0.05, 0.1) is 0 Å². The fourth-order valence-electron chi connectivity index (χ4n) is 3.48. The zero-order valence-electron chi connectivity index (χ0n) is 12.6. The summed E-state index contributed by atoms with van der Waals surface area (Å²) in [6, 6.07) is 4.65. The van der Waals surface area contributed by atoms with E-state index in [1.807, 2.05) is 0 Å². The Balaban J connectivity index is 2.33. The van der Waals surface area contributed by atoms with Gasteiger partial charge in [-0.15, -0.1) is 0 Å². The Morgan fingerprint density at radius 1 is 1.17 bits per heavy atom. The van der Waals surface area contributed by atoms with E-state index in [9.17, 15) is 0 Å². The molecule has 1 heteroatoms. The highest BCUT2D eigenvalue weighted by Crippen LogP contribution is 2.33. The van der Waals surface area contributed by atoms with E-state index in [1.165, 1.54) is 42.5 Å². The van der Waals surface area contributed by atoms with Crippen LogP contribution in [0.25, 0.3) is 0 Å². The van der Waals surface area contributed by atoms with Gasteiger partial charge in [-0.2, -0.15) is 0 Å². The van der Waals surface area contributed by atoms with Crippen molar-refractivity contribution in [2.75, 3.05) is 6.54 Å². The molecule has 1 unspecified atom stereocenters. The molecule has 0 amide bonds. The van der Waals surface area contributed by atoms with Crippen molar-refractivity contribution >= 4 is 0 Å². The second-order valence-electron chi connectivity index (χ2n) is 6.40. The molecule has 1 N–H and O–H groups in total. The number of nitrogens with one attached hydrogen (secondary N) is 1. The zero-order valence-corrected chi connectivity index (χ0v) is 12.6. The molecular weight excluding hydrogens is 218 g/mol. The van der Waals surface area contributed by atoms with Gasteiger partial charge in [-0.1, -0.05) is 31.5 Å². The minimum Gasteiger partial charge on any atom is -0.311 e. The molecule has 1 saturated heterocycles. The lowest BCUT2D eigenvalue weighted by atomic mass is 9.78. The SMILES string of the molecule is Cc1cc(C)c(CC2(C(C)C)CCCN2)c(C)c1. The first kappa shape index (κ1) is 13.6. The topological polar surface area (TPSA) is 12.0 Å². The molecule has 0 spiro atoms. The van der Waals surface area contributed by atoms with E-state index in [1.54, 1.807) is 5.56 Å². The van der Waals surface area contributed by atoms with Crippen LogP contribution in [0.2, 0.25) is 0 Å². The number of rotatable bonds is 3.